The average Bonchev–Trinajstić information content (AvgIpc) is 3.20. The van der Waals surface area contributed by atoms with Crippen molar-refractivity contribution in [3.8, 4) is 17.1 Å². The van der Waals surface area contributed by atoms with Crippen LogP contribution in [0.4, 0.5) is 4.39 Å². The molecule has 1 aliphatic rings. The summed E-state index contributed by atoms with van der Waals surface area (Å²) in [5, 5.41) is 13.7. The number of benzene rings is 1. The molecule has 1 aromatic heterocycles. The van der Waals surface area contributed by atoms with Gasteiger partial charge in [-0.2, -0.15) is 4.98 Å². The van der Waals surface area contributed by atoms with Crippen molar-refractivity contribution in [2.45, 2.75) is 25.4 Å². The van der Waals surface area contributed by atoms with Gasteiger partial charge in [0.2, 0.25) is 11.7 Å². The summed E-state index contributed by atoms with van der Waals surface area (Å²) in [4.78, 5) is 4.22. The van der Waals surface area contributed by atoms with Crippen molar-refractivity contribution in [3.63, 3.8) is 0 Å². The lowest BCUT2D eigenvalue weighted by Crippen LogP contribution is -2.12. The van der Waals surface area contributed by atoms with Crippen molar-refractivity contribution in [2.75, 3.05) is 7.11 Å². The largest absolute Gasteiger partial charge is 0.494 e. The molecule has 6 heteroatoms. The van der Waals surface area contributed by atoms with Gasteiger partial charge in [0.15, 0.2) is 11.6 Å². The van der Waals surface area contributed by atoms with Crippen LogP contribution in [0.15, 0.2) is 22.7 Å². The minimum absolute atomic E-state index is 0.131. The molecule has 3 rings (SSSR count). The number of rotatable bonds is 5. The van der Waals surface area contributed by atoms with Crippen molar-refractivity contribution >= 4 is 0 Å². The number of aliphatic hydroxyl groups excluding tert-OH is 1. The van der Waals surface area contributed by atoms with Crippen LogP contribution in [0.2, 0.25) is 0 Å². The van der Waals surface area contributed by atoms with Crippen LogP contribution < -0.4 is 4.74 Å². The second kappa shape index (κ2) is 5.20. The number of methoxy groups -OCH3 is 1. The molecule has 1 aromatic carbocycles. The molecule has 0 aliphatic heterocycles. The van der Waals surface area contributed by atoms with Gasteiger partial charge in [0.1, 0.15) is 0 Å². The third-order valence-electron chi connectivity index (χ3n) is 3.43. The molecule has 1 N–H and O–H groups in total. The summed E-state index contributed by atoms with van der Waals surface area (Å²) in [6, 6.07) is 4.37. The van der Waals surface area contributed by atoms with E-state index in [0.29, 0.717) is 29.6 Å². The first-order valence-corrected chi connectivity index (χ1v) is 6.52. The molecular weight excluding hydrogens is 263 g/mol. The number of halogens is 1. The van der Waals surface area contributed by atoms with E-state index in [1.807, 2.05) is 0 Å². The van der Waals surface area contributed by atoms with Gasteiger partial charge >= 0.3 is 0 Å². The number of ether oxygens (including phenoxy) is 1. The average molecular weight is 278 g/mol. The van der Waals surface area contributed by atoms with E-state index in [4.69, 9.17) is 9.26 Å². The van der Waals surface area contributed by atoms with Crippen molar-refractivity contribution in [1.82, 2.24) is 10.1 Å². The predicted octanol–water partition coefficient (Wildman–Crippen LogP) is 2.20. The van der Waals surface area contributed by atoms with Crippen molar-refractivity contribution < 1.29 is 18.8 Å². The lowest BCUT2D eigenvalue weighted by molar-refractivity contribution is 0.140. The fourth-order valence-corrected chi connectivity index (χ4v) is 2.08. The number of hydrogen-bond acceptors (Lipinski definition) is 5. The van der Waals surface area contributed by atoms with Crippen LogP contribution in [0.5, 0.6) is 5.75 Å². The lowest BCUT2D eigenvalue weighted by Gasteiger charge is -2.03. The maximum Gasteiger partial charge on any atom is 0.229 e. The van der Waals surface area contributed by atoms with E-state index in [1.165, 1.54) is 19.2 Å². The van der Waals surface area contributed by atoms with Gasteiger partial charge in [-0.3, -0.25) is 0 Å². The second-order valence-corrected chi connectivity index (χ2v) is 4.97. The number of aliphatic hydroxyl groups is 1. The first-order chi connectivity index (χ1) is 9.67. The van der Waals surface area contributed by atoms with Crippen molar-refractivity contribution in [2.24, 2.45) is 5.92 Å². The van der Waals surface area contributed by atoms with Crippen LogP contribution >= 0.6 is 0 Å². The first-order valence-electron chi connectivity index (χ1n) is 6.52. The molecule has 0 amide bonds. The summed E-state index contributed by atoms with van der Waals surface area (Å²) >= 11 is 0. The summed E-state index contributed by atoms with van der Waals surface area (Å²) in [6.45, 7) is 0. The Morgan fingerprint density at radius 3 is 3.00 bits per heavy atom. The number of nitrogens with zero attached hydrogens (tertiary/aromatic N) is 2. The Hall–Kier alpha value is -1.95. The first kappa shape index (κ1) is 13.1. The Bertz CT molecular complexity index is 610. The van der Waals surface area contributed by atoms with Crippen LogP contribution in [-0.2, 0) is 6.42 Å². The highest BCUT2D eigenvalue weighted by atomic mass is 19.1. The monoisotopic (exact) mass is 278 g/mol. The minimum Gasteiger partial charge on any atom is -0.494 e. The Morgan fingerprint density at radius 2 is 2.30 bits per heavy atom. The molecule has 1 unspecified atom stereocenters. The van der Waals surface area contributed by atoms with Gasteiger partial charge < -0.3 is 14.4 Å². The zero-order valence-corrected chi connectivity index (χ0v) is 11.0. The molecule has 106 valence electrons. The van der Waals surface area contributed by atoms with Crippen LogP contribution in [0.3, 0.4) is 0 Å². The molecule has 0 saturated heterocycles. The maximum absolute atomic E-state index is 13.3. The van der Waals surface area contributed by atoms with E-state index < -0.39 is 11.9 Å². The highest BCUT2D eigenvalue weighted by Gasteiger charge is 2.31. The summed E-state index contributed by atoms with van der Waals surface area (Å²) in [5.74, 6) is 0.802. The molecular formula is C14H15FN2O3. The summed E-state index contributed by atoms with van der Waals surface area (Å²) in [5.41, 5.74) is 0.610. The van der Waals surface area contributed by atoms with Gasteiger partial charge in [0, 0.05) is 5.56 Å². The van der Waals surface area contributed by atoms with Gasteiger partial charge in [-0.25, -0.2) is 4.39 Å². The fraction of sp³-hybridized carbons (Fsp3) is 0.429. The topological polar surface area (TPSA) is 68.4 Å². The van der Waals surface area contributed by atoms with Gasteiger partial charge in [-0.05, 0) is 37.0 Å². The molecule has 1 atom stereocenters. The van der Waals surface area contributed by atoms with Gasteiger partial charge in [-0.15, -0.1) is 0 Å². The van der Waals surface area contributed by atoms with Crippen LogP contribution in [0.1, 0.15) is 18.7 Å². The Labute approximate surface area is 115 Å². The maximum atomic E-state index is 13.3. The predicted molar refractivity (Wildman–Crippen MR) is 68.7 cm³/mol. The summed E-state index contributed by atoms with van der Waals surface area (Å²) < 4.78 is 23.4. The Kier molecular flexibility index (Phi) is 3.40. The third-order valence-corrected chi connectivity index (χ3v) is 3.43. The molecule has 1 fully saturated rings. The lowest BCUT2D eigenvalue weighted by atomic mass is 10.1. The highest BCUT2D eigenvalue weighted by molar-refractivity contribution is 5.57. The SMILES string of the molecule is COc1cc(-c2noc(CC(O)C3CC3)n2)ccc1F. The zero-order valence-electron chi connectivity index (χ0n) is 11.0. The molecule has 0 radical (unpaired) electrons. The summed E-state index contributed by atoms with van der Waals surface area (Å²) in [6.07, 6.45) is 2.04. The third kappa shape index (κ3) is 2.65. The van der Waals surface area contributed by atoms with E-state index in [9.17, 15) is 9.50 Å². The number of aromatic nitrogens is 2. The second-order valence-electron chi connectivity index (χ2n) is 4.97. The Balaban J connectivity index is 1.78. The van der Waals surface area contributed by atoms with Crippen LogP contribution in [-0.4, -0.2) is 28.5 Å². The minimum atomic E-state index is -0.441. The molecule has 2 aromatic rings. The highest BCUT2D eigenvalue weighted by Crippen LogP contribution is 2.34. The van der Waals surface area contributed by atoms with E-state index >= 15 is 0 Å². The molecule has 20 heavy (non-hydrogen) atoms. The quantitative estimate of drug-likeness (QED) is 0.908. The van der Waals surface area contributed by atoms with Gasteiger partial charge in [0.25, 0.3) is 0 Å². The zero-order chi connectivity index (χ0) is 14.1. The van der Waals surface area contributed by atoms with E-state index in [0.717, 1.165) is 12.8 Å². The summed E-state index contributed by atoms with van der Waals surface area (Å²) in [7, 11) is 1.40. The number of hydrogen-bond donors (Lipinski definition) is 1. The van der Waals surface area contributed by atoms with Crippen molar-refractivity contribution in [3.05, 3.63) is 29.9 Å². The van der Waals surface area contributed by atoms with E-state index in [-0.39, 0.29) is 5.75 Å². The molecule has 1 heterocycles. The molecule has 1 aliphatic carbocycles. The molecule has 1 saturated carbocycles. The van der Waals surface area contributed by atoms with E-state index in [1.54, 1.807) is 6.07 Å². The fourth-order valence-electron chi connectivity index (χ4n) is 2.08. The van der Waals surface area contributed by atoms with Crippen LogP contribution in [0.25, 0.3) is 11.4 Å². The molecule has 5 nitrogen and oxygen atoms in total. The van der Waals surface area contributed by atoms with Gasteiger partial charge in [-0.1, -0.05) is 5.16 Å². The van der Waals surface area contributed by atoms with Gasteiger partial charge in [0.05, 0.1) is 19.6 Å². The standard InChI is InChI=1S/C14H15FN2O3/c1-19-12-6-9(4-5-10(12)15)14-16-13(20-17-14)7-11(18)8-2-3-8/h4-6,8,11,18H,2-3,7H2,1H3. The molecule has 0 bridgehead atoms. The van der Waals surface area contributed by atoms with Crippen LogP contribution in [0, 0.1) is 11.7 Å². The normalized spacial score (nSPS) is 16.1. The Morgan fingerprint density at radius 1 is 1.50 bits per heavy atom. The van der Waals surface area contributed by atoms with Crippen molar-refractivity contribution in [1.29, 1.82) is 0 Å². The molecule has 0 spiro atoms. The van der Waals surface area contributed by atoms with E-state index in [2.05, 4.69) is 10.1 Å². The smallest absolute Gasteiger partial charge is 0.229 e.